The van der Waals surface area contributed by atoms with Crippen LogP contribution in [0, 0.1) is 0 Å². The van der Waals surface area contributed by atoms with E-state index in [2.05, 4.69) is 45.3 Å². The molecule has 0 saturated carbocycles. The number of fused-ring (bicyclic) bond motifs is 1. The first-order chi connectivity index (χ1) is 10.1. The minimum absolute atomic E-state index is 0.280. The molecular formula is C16H15BrN2O2. The maximum Gasteiger partial charge on any atom is 0.417 e. The van der Waals surface area contributed by atoms with Crippen LogP contribution < -0.4 is 11.1 Å². The van der Waals surface area contributed by atoms with Gasteiger partial charge in [0.1, 0.15) is 0 Å². The zero-order valence-corrected chi connectivity index (χ0v) is 13.1. The highest BCUT2D eigenvalue weighted by Gasteiger charge is 2.06. The minimum atomic E-state index is -0.426. The number of oxazole rings is 1. The van der Waals surface area contributed by atoms with Crippen molar-refractivity contribution in [2.24, 2.45) is 0 Å². The molecule has 3 aromatic rings. The van der Waals surface area contributed by atoms with Crippen LogP contribution in [0.5, 0.6) is 0 Å². The van der Waals surface area contributed by atoms with Crippen LogP contribution >= 0.6 is 15.9 Å². The molecule has 0 radical (unpaired) electrons. The molecule has 2 N–H and O–H groups in total. The zero-order valence-electron chi connectivity index (χ0n) is 11.5. The van der Waals surface area contributed by atoms with Gasteiger partial charge in [0, 0.05) is 16.2 Å². The van der Waals surface area contributed by atoms with Crippen molar-refractivity contribution in [3.05, 3.63) is 63.1 Å². The lowest BCUT2D eigenvalue weighted by molar-refractivity contribution is 0.555. The lowest BCUT2D eigenvalue weighted by Gasteiger charge is -2.15. The SMILES string of the molecule is CC(Cc1ccc(Br)cc1)Nc1ccc2oc(=O)[nH]c2c1. The van der Waals surface area contributed by atoms with Gasteiger partial charge < -0.3 is 9.73 Å². The second kappa shape index (κ2) is 5.77. The van der Waals surface area contributed by atoms with Crippen LogP contribution in [0.15, 0.2) is 56.1 Å². The summed E-state index contributed by atoms with van der Waals surface area (Å²) in [5.41, 5.74) is 3.52. The molecule has 0 aliphatic rings. The summed E-state index contributed by atoms with van der Waals surface area (Å²) in [5, 5.41) is 3.43. The number of aromatic nitrogens is 1. The van der Waals surface area contributed by atoms with Crippen LogP contribution in [0.2, 0.25) is 0 Å². The van der Waals surface area contributed by atoms with Crippen molar-refractivity contribution in [3.8, 4) is 0 Å². The van der Waals surface area contributed by atoms with E-state index in [4.69, 9.17) is 4.42 Å². The van der Waals surface area contributed by atoms with Gasteiger partial charge in [0.05, 0.1) is 5.52 Å². The summed E-state index contributed by atoms with van der Waals surface area (Å²) in [6.45, 7) is 2.13. The smallest absolute Gasteiger partial charge is 0.408 e. The van der Waals surface area contributed by atoms with E-state index in [1.807, 2.05) is 24.3 Å². The zero-order chi connectivity index (χ0) is 14.8. The van der Waals surface area contributed by atoms with Crippen molar-refractivity contribution in [1.82, 2.24) is 4.98 Å². The topological polar surface area (TPSA) is 58.0 Å². The number of H-pyrrole nitrogens is 1. The Morgan fingerprint density at radius 3 is 2.76 bits per heavy atom. The first-order valence-corrected chi connectivity index (χ1v) is 7.53. The Labute approximate surface area is 130 Å². The Bertz CT molecular complexity index is 805. The fourth-order valence-electron chi connectivity index (χ4n) is 2.35. The fraction of sp³-hybridized carbons (Fsp3) is 0.188. The van der Waals surface area contributed by atoms with E-state index in [1.54, 1.807) is 6.07 Å². The Hall–Kier alpha value is -2.01. The first kappa shape index (κ1) is 13.9. The molecule has 1 atom stereocenters. The van der Waals surface area contributed by atoms with Crippen molar-refractivity contribution in [1.29, 1.82) is 0 Å². The number of rotatable bonds is 4. The van der Waals surface area contributed by atoms with E-state index in [0.29, 0.717) is 11.1 Å². The van der Waals surface area contributed by atoms with Crippen LogP contribution in [-0.2, 0) is 6.42 Å². The molecule has 0 spiro atoms. The molecule has 21 heavy (non-hydrogen) atoms. The normalized spacial score (nSPS) is 12.5. The van der Waals surface area contributed by atoms with Crippen molar-refractivity contribution < 1.29 is 4.42 Å². The third-order valence-corrected chi connectivity index (χ3v) is 3.82. The first-order valence-electron chi connectivity index (χ1n) is 6.74. The Balaban J connectivity index is 1.71. The molecule has 0 fully saturated rings. The molecule has 0 aliphatic heterocycles. The van der Waals surface area contributed by atoms with E-state index in [0.717, 1.165) is 16.6 Å². The standard InChI is InChI=1S/C16H15BrN2O2/c1-10(8-11-2-4-12(17)5-3-11)18-13-6-7-15-14(9-13)19-16(20)21-15/h2-7,9-10,18H,8H2,1H3,(H,19,20). The summed E-state index contributed by atoms with van der Waals surface area (Å²) in [6.07, 6.45) is 0.924. The maximum atomic E-state index is 11.1. The number of hydrogen-bond donors (Lipinski definition) is 2. The van der Waals surface area contributed by atoms with Crippen LogP contribution in [0.4, 0.5) is 5.69 Å². The number of halogens is 1. The molecule has 5 heteroatoms. The van der Waals surface area contributed by atoms with Crippen LogP contribution in [0.1, 0.15) is 12.5 Å². The lowest BCUT2D eigenvalue weighted by Crippen LogP contribution is -2.17. The number of anilines is 1. The van der Waals surface area contributed by atoms with Gasteiger partial charge in [-0.05, 0) is 49.2 Å². The summed E-state index contributed by atoms with van der Waals surface area (Å²) in [5.74, 6) is -0.426. The average Bonchev–Trinajstić information content (AvgIpc) is 2.80. The van der Waals surface area contributed by atoms with Gasteiger partial charge in [0.25, 0.3) is 0 Å². The summed E-state index contributed by atoms with van der Waals surface area (Å²) in [4.78, 5) is 13.8. The van der Waals surface area contributed by atoms with Crippen LogP contribution in [-0.4, -0.2) is 11.0 Å². The number of nitrogens with one attached hydrogen (secondary N) is 2. The van der Waals surface area contributed by atoms with E-state index in [-0.39, 0.29) is 6.04 Å². The highest BCUT2D eigenvalue weighted by molar-refractivity contribution is 9.10. The van der Waals surface area contributed by atoms with Crippen molar-refractivity contribution in [2.75, 3.05) is 5.32 Å². The highest BCUT2D eigenvalue weighted by Crippen LogP contribution is 2.18. The second-order valence-corrected chi connectivity index (χ2v) is 6.02. The molecule has 1 heterocycles. The maximum absolute atomic E-state index is 11.1. The van der Waals surface area contributed by atoms with E-state index in [9.17, 15) is 4.79 Å². The van der Waals surface area contributed by atoms with Gasteiger partial charge in [-0.15, -0.1) is 0 Å². The van der Waals surface area contributed by atoms with Gasteiger partial charge in [-0.25, -0.2) is 4.79 Å². The van der Waals surface area contributed by atoms with E-state index in [1.165, 1.54) is 5.56 Å². The van der Waals surface area contributed by atoms with Gasteiger partial charge in [-0.2, -0.15) is 0 Å². The predicted molar refractivity (Wildman–Crippen MR) is 87.8 cm³/mol. The quantitative estimate of drug-likeness (QED) is 0.752. The summed E-state index contributed by atoms with van der Waals surface area (Å²) in [7, 11) is 0. The Kier molecular flexibility index (Phi) is 3.84. The Morgan fingerprint density at radius 2 is 2.00 bits per heavy atom. The molecule has 0 saturated heterocycles. The van der Waals surface area contributed by atoms with Gasteiger partial charge in [-0.1, -0.05) is 28.1 Å². The van der Waals surface area contributed by atoms with Crippen LogP contribution in [0.3, 0.4) is 0 Å². The van der Waals surface area contributed by atoms with Gasteiger partial charge in [0.15, 0.2) is 5.58 Å². The summed E-state index contributed by atoms with van der Waals surface area (Å²) < 4.78 is 6.08. The molecule has 3 rings (SSSR count). The molecule has 108 valence electrons. The summed E-state index contributed by atoms with van der Waals surface area (Å²) >= 11 is 3.44. The van der Waals surface area contributed by atoms with Crippen molar-refractivity contribution >= 4 is 32.7 Å². The van der Waals surface area contributed by atoms with Crippen molar-refractivity contribution in [2.45, 2.75) is 19.4 Å². The minimum Gasteiger partial charge on any atom is -0.408 e. The lowest BCUT2D eigenvalue weighted by atomic mass is 10.1. The number of hydrogen-bond acceptors (Lipinski definition) is 3. The third-order valence-electron chi connectivity index (χ3n) is 3.29. The fourth-order valence-corrected chi connectivity index (χ4v) is 2.62. The molecule has 0 aliphatic carbocycles. The van der Waals surface area contributed by atoms with Crippen molar-refractivity contribution in [3.63, 3.8) is 0 Å². The molecule has 2 aromatic carbocycles. The number of benzene rings is 2. The highest BCUT2D eigenvalue weighted by atomic mass is 79.9. The van der Waals surface area contributed by atoms with E-state index < -0.39 is 5.76 Å². The predicted octanol–water partition coefficient (Wildman–Crippen LogP) is 3.93. The van der Waals surface area contributed by atoms with Gasteiger partial charge >= 0.3 is 5.76 Å². The summed E-state index contributed by atoms with van der Waals surface area (Å²) in [6, 6.07) is 14.2. The molecule has 0 amide bonds. The average molecular weight is 347 g/mol. The van der Waals surface area contributed by atoms with E-state index >= 15 is 0 Å². The Morgan fingerprint density at radius 1 is 1.24 bits per heavy atom. The largest absolute Gasteiger partial charge is 0.417 e. The monoisotopic (exact) mass is 346 g/mol. The van der Waals surface area contributed by atoms with Gasteiger partial charge in [-0.3, -0.25) is 4.98 Å². The third kappa shape index (κ3) is 3.36. The second-order valence-electron chi connectivity index (χ2n) is 5.10. The molecule has 1 unspecified atom stereocenters. The van der Waals surface area contributed by atoms with Crippen LogP contribution in [0.25, 0.3) is 11.1 Å². The van der Waals surface area contributed by atoms with Gasteiger partial charge in [0.2, 0.25) is 0 Å². The molecular weight excluding hydrogens is 332 g/mol. The molecule has 4 nitrogen and oxygen atoms in total. The number of aromatic amines is 1. The molecule has 0 bridgehead atoms. The molecule has 1 aromatic heterocycles.